The minimum atomic E-state index is -0.00819. The molecule has 0 aliphatic carbocycles. The molecule has 25 heavy (non-hydrogen) atoms. The molecule has 1 amide bonds. The Morgan fingerprint density at radius 1 is 1.08 bits per heavy atom. The molecule has 0 saturated heterocycles. The Balaban J connectivity index is 1.64. The molecular formula is C21H25N3O. The van der Waals surface area contributed by atoms with Crippen molar-refractivity contribution in [1.29, 1.82) is 0 Å². The fraction of sp³-hybridized carbons (Fsp3) is 0.333. The molecule has 2 aromatic carbocycles. The van der Waals surface area contributed by atoms with Gasteiger partial charge in [-0.15, -0.1) is 0 Å². The summed E-state index contributed by atoms with van der Waals surface area (Å²) in [5.41, 5.74) is 4.45. The van der Waals surface area contributed by atoms with Gasteiger partial charge in [-0.2, -0.15) is 0 Å². The van der Waals surface area contributed by atoms with Gasteiger partial charge in [0, 0.05) is 6.54 Å². The lowest BCUT2D eigenvalue weighted by molar-refractivity contribution is -0.121. The summed E-state index contributed by atoms with van der Waals surface area (Å²) < 4.78 is 1.95. The molecule has 0 saturated carbocycles. The van der Waals surface area contributed by atoms with Crippen LogP contribution < -0.4 is 5.32 Å². The van der Waals surface area contributed by atoms with Crippen LogP contribution in [0.3, 0.4) is 0 Å². The third-order valence-electron chi connectivity index (χ3n) is 4.46. The fourth-order valence-electron chi connectivity index (χ4n) is 2.92. The summed E-state index contributed by atoms with van der Waals surface area (Å²) in [5.74, 6) is 0.844. The maximum atomic E-state index is 12.3. The normalized spacial score (nSPS) is 11.7. The van der Waals surface area contributed by atoms with Crippen LogP contribution in [0.25, 0.3) is 11.0 Å². The van der Waals surface area contributed by atoms with Gasteiger partial charge >= 0.3 is 0 Å². The number of imidazole rings is 1. The number of carbonyl (C=O) groups is 1. The van der Waals surface area contributed by atoms with Crippen molar-refractivity contribution in [3.8, 4) is 0 Å². The maximum absolute atomic E-state index is 12.3. The van der Waals surface area contributed by atoms with Crippen molar-refractivity contribution < 1.29 is 4.79 Å². The van der Waals surface area contributed by atoms with E-state index in [9.17, 15) is 4.79 Å². The third kappa shape index (κ3) is 3.90. The minimum absolute atomic E-state index is 0.00819. The largest absolute Gasteiger partial charge is 0.350 e. The third-order valence-corrected chi connectivity index (χ3v) is 4.46. The number of hydrogen-bond acceptors (Lipinski definition) is 2. The summed E-state index contributed by atoms with van der Waals surface area (Å²) in [5, 5.41) is 3.00. The molecule has 0 bridgehead atoms. The Morgan fingerprint density at radius 3 is 2.44 bits per heavy atom. The van der Waals surface area contributed by atoms with Crippen molar-refractivity contribution in [2.24, 2.45) is 0 Å². The lowest BCUT2D eigenvalue weighted by Gasteiger charge is -2.19. The highest BCUT2D eigenvalue weighted by atomic mass is 16.1. The van der Waals surface area contributed by atoms with Crippen molar-refractivity contribution in [2.75, 3.05) is 0 Å². The van der Waals surface area contributed by atoms with E-state index in [2.05, 4.69) is 55.3 Å². The standard InChI is InChI=1S/C21H25N3O/c1-15-23-18-7-5-6-8-19(18)24(15)14-20(25)22-13-16-9-11-17(12-10-16)21(2,3)4/h5-12H,13-14H2,1-4H3,(H,22,25). The molecule has 1 N–H and O–H groups in total. The minimum Gasteiger partial charge on any atom is -0.350 e. The second-order valence-corrected chi connectivity index (χ2v) is 7.46. The quantitative estimate of drug-likeness (QED) is 0.784. The lowest BCUT2D eigenvalue weighted by atomic mass is 9.87. The molecule has 4 heteroatoms. The smallest absolute Gasteiger partial charge is 0.240 e. The summed E-state index contributed by atoms with van der Waals surface area (Å²) in [6.07, 6.45) is 0. The van der Waals surface area contributed by atoms with Crippen LogP contribution in [0.5, 0.6) is 0 Å². The number of aromatic nitrogens is 2. The van der Waals surface area contributed by atoms with E-state index in [-0.39, 0.29) is 17.9 Å². The van der Waals surface area contributed by atoms with Crippen LogP contribution in [0.15, 0.2) is 48.5 Å². The van der Waals surface area contributed by atoms with Crippen LogP contribution in [0.4, 0.5) is 0 Å². The number of aryl methyl sites for hydroxylation is 1. The maximum Gasteiger partial charge on any atom is 0.240 e. The number of carbonyl (C=O) groups excluding carboxylic acids is 1. The first-order chi connectivity index (χ1) is 11.8. The number of nitrogens with zero attached hydrogens (tertiary/aromatic N) is 2. The number of para-hydroxylation sites is 2. The van der Waals surface area contributed by atoms with E-state index in [4.69, 9.17) is 0 Å². The molecule has 0 radical (unpaired) electrons. The van der Waals surface area contributed by atoms with Crippen molar-refractivity contribution in [1.82, 2.24) is 14.9 Å². The molecule has 1 aromatic heterocycles. The molecule has 4 nitrogen and oxygen atoms in total. The van der Waals surface area contributed by atoms with Gasteiger partial charge in [-0.25, -0.2) is 4.98 Å². The topological polar surface area (TPSA) is 46.9 Å². The average Bonchev–Trinajstić information content (AvgIpc) is 2.88. The number of fused-ring (bicyclic) bond motifs is 1. The SMILES string of the molecule is Cc1nc2ccccc2n1CC(=O)NCc1ccc(C(C)(C)C)cc1. The second kappa shape index (κ2) is 6.71. The first-order valence-corrected chi connectivity index (χ1v) is 8.62. The van der Waals surface area contributed by atoms with Gasteiger partial charge in [0.1, 0.15) is 12.4 Å². The van der Waals surface area contributed by atoms with Gasteiger partial charge in [0.15, 0.2) is 0 Å². The van der Waals surface area contributed by atoms with Crippen molar-refractivity contribution >= 4 is 16.9 Å². The molecule has 0 atom stereocenters. The zero-order valence-corrected chi connectivity index (χ0v) is 15.3. The van der Waals surface area contributed by atoms with Gasteiger partial charge in [0.25, 0.3) is 0 Å². The van der Waals surface area contributed by atoms with Gasteiger partial charge < -0.3 is 9.88 Å². The zero-order valence-electron chi connectivity index (χ0n) is 15.3. The van der Waals surface area contributed by atoms with Crippen LogP contribution in [0.2, 0.25) is 0 Å². The Hall–Kier alpha value is -2.62. The Kier molecular flexibility index (Phi) is 4.62. The first-order valence-electron chi connectivity index (χ1n) is 8.62. The molecular weight excluding hydrogens is 310 g/mol. The second-order valence-electron chi connectivity index (χ2n) is 7.46. The van der Waals surface area contributed by atoms with E-state index in [0.29, 0.717) is 6.54 Å². The van der Waals surface area contributed by atoms with Gasteiger partial charge in [-0.1, -0.05) is 57.2 Å². The summed E-state index contributed by atoms with van der Waals surface area (Å²) in [6, 6.07) is 16.3. The van der Waals surface area contributed by atoms with E-state index in [1.165, 1.54) is 5.56 Å². The zero-order chi connectivity index (χ0) is 18.0. The highest BCUT2D eigenvalue weighted by Gasteiger charge is 2.13. The van der Waals surface area contributed by atoms with Crippen LogP contribution in [-0.2, 0) is 23.3 Å². The summed E-state index contributed by atoms with van der Waals surface area (Å²) in [7, 11) is 0. The van der Waals surface area contributed by atoms with E-state index in [0.717, 1.165) is 22.4 Å². The van der Waals surface area contributed by atoms with E-state index in [1.54, 1.807) is 0 Å². The number of hydrogen-bond donors (Lipinski definition) is 1. The van der Waals surface area contributed by atoms with E-state index < -0.39 is 0 Å². The summed E-state index contributed by atoms with van der Waals surface area (Å²) in [4.78, 5) is 16.8. The highest BCUT2D eigenvalue weighted by Crippen LogP contribution is 2.22. The van der Waals surface area contributed by atoms with E-state index in [1.807, 2.05) is 35.8 Å². The molecule has 0 spiro atoms. The Labute approximate surface area is 148 Å². The molecule has 0 aliphatic heterocycles. The fourth-order valence-corrected chi connectivity index (χ4v) is 2.92. The molecule has 3 aromatic rings. The Morgan fingerprint density at radius 2 is 1.76 bits per heavy atom. The predicted octanol–water partition coefficient (Wildman–Crippen LogP) is 3.96. The van der Waals surface area contributed by atoms with Crippen LogP contribution in [0.1, 0.15) is 37.7 Å². The average molecular weight is 335 g/mol. The summed E-state index contributed by atoms with van der Waals surface area (Å²) in [6.45, 7) is 9.34. The molecule has 0 fully saturated rings. The molecule has 0 aliphatic rings. The van der Waals surface area contributed by atoms with Gasteiger partial charge in [0.2, 0.25) is 5.91 Å². The van der Waals surface area contributed by atoms with Crippen LogP contribution >= 0.6 is 0 Å². The van der Waals surface area contributed by atoms with Gasteiger partial charge in [-0.05, 0) is 35.6 Å². The Bertz CT molecular complexity index is 886. The van der Waals surface area contributed by atoms with Crippen molar-refractivity contribution in [3.63, 3.8) is 0 Å². The van der Waals surface area contributed by atoms with Crippen molar-refractivity contribution in [2.45, 2.75) is 46.2 Å². The molecule has 0 unspecified atom stereocenters. The van der Waals surface area contributed by atoms with Gasteiger partial charge in [0.05, 0.1) is 11.0 Å². The van der Waals surface area contributed by atoms with Gasteiger partial charge in [-0.3, -0.25) is 4.79 Å². The number of rotatable bonds is 4. The number of amides is 1. The number of nitrogens with one attached hydrogen (secondary N) is 1. The first kappa shape index (κ1) is 17.2. The van der Waals surface area contributed by atoms with Crippen LogP contribution in [0, 0.1) is 6.92 Å². The highest BCUT2D eigenvalue weighted by molar-refractivity contribution is 5.81. The number of benzene rings is 2. The van der Waals surface area contributed by atoms with Crippen LogP contribution in [-0.4, -0.2) is 15.5 Å². The molecule has 3 rings (SSSR count). The van der Waals surface area contributed by atoms with E-state index >= 15 is 0 Å². The lowest BCUT2D eigenvalue weighted by Crippen LogP contribution is -2.27. The predicted molar refractivity (Wildman–Crippen MR) is 101 cm³/mol. The summed E-state index contributed by atoms with van der Waals surface area (Å²) >= 11 is 0. The molecule has 1 heterocycles. The van der Waals surface area contributed by atoms with Crippen molar-refractivity contribution in [3.05, 3.63) is 65.5 Å². The molecule has 130 valence electrons. The monoisotopic (exact) mass is 335 g/mol.